The number of fused-ring (bicyclic) bond motifs is 1. The Bertz CT molecular complexity index is 386. The van der Waals surface area contributed by atoms with E-state index in [2.05, 4.69) is 19.1 Å². The Balaban J connectivity index is 1.92. The van der Waals surface area contributed by atoms with Crippen molar-refractivity contribution in [1.29, 1.82) is 0 Å². The molecule has 0 spiro atoms. The Hall–Kier alpha value is -0.820. The Kier molecular flexibility index (Phi) is 2.16. The van der Waals surface area contributed by atoms with Gasteiger partial charge in [-0.3, -0.25) is 0 Å². The van der Waals surface area contributed by atoms with Gasteiger partial charge in [0.15, 0.2) is 0 Å². The van der Waals surface area contributed by atoms with E-state index in [9.17, 15) is 5.11 Å². The summed E-state index contributed by atoms with van der Waals surface area (Å²) in [6.07, 6.45) is 6.08. The minimum Gasteiger partial charge on any atom is -0.385 e. The molecular weight excluding hydrogens is 196 g/mol. The van der Waals surface area contributed by atoms with Crippen LogP contribution in [0.4, 0.5) is 0 Å². The van der Waals surface area contributed by atoms with Crippen LogP contribution in [0.1, 0.15) is 44.6 Å². The summed E-state index contributed by atoms with van der Waals surface area (Å²) in [6.45, 7) is 2.36. The Morgan fingerprint density at radius 2 is 1.94 bits per heavy atom. The van der Waals surface area contributed by atoms with E-state index in [1.165, 1.54) is 25.7 Å². The van der Waals surface area contributed by atoms with Gasteiger partial charge in [0.2, 0.25) is 0 Å². The first kappa shape index (κ1) is 10.3. The lowest BCUT2D eigenvalue weighted by atomic mass is 9.45. The first-order chi connectivity index (χ1) is 7.65. The number of benzene rings is 1. The fraction of sp³-hybridized carbons (Fsp3) is 0.600. The van der Waals surface area contributed by atoms with Crippen molar-refractivity contribution in [2.75, 3.05) is 0 Å². The van der Waals surface area contributed by atoms with Crippen LogP contribution in [0.2, 0.25) is 0 Å². The molecular formula is C15H20O. The van der Waals surface area contributed by atoms with E-state index in [1.807, 2.05) is 18.2 Å². The number of aliphatic hydroxyl groups is 1. The summed E-state index contributed by atoms with van der Waals surface area (Å²) >= 11 is 0. The summed E-state index contributed by atoms with van der Waals surface area (Å²) in [5.74, 6) is 0.483. The quantitative estimate of drug-likeness (QED) is 0.762. The molecule has 0 heterocycles. The summed E-state index contributed by atoms with van der Waals surface area (Å²) < 4.78 is 0. The molecule has 2 fully saturated rings. The molecule has 3 rings (SSSR count). The molecule has 0 aromatic heterocycles. The molecule has 86 valence electrons. The van der Waals surface area contributed by atoms with Crippen molar-refractivity contribution in [3.8, 4) is 0 Å². The van der Waals surface area contributed by atoms with Crippen LogP contribution in [-0.2, 0) is 5.60 Å². The molecule has 1 aromatic carbocycles. The van der Waals surface area contributed by atoms with Gasteiger partial charge in [-0.05, 0) is 36.2 Å². The van der Waals surface area contributed by atoms with Gasteiger partial charge < -0.3 is 5.11 Å². The zero-order valence-electron chi connectivity index (χ0n) is 9.95. The van der Waals surface area contributed by atoms with Crippen LogP contribution in [0, 0.1) is 11.3 Å². The van der Waals surface area contributed by atoms with E-state index in [4.69, 9.17) is 0 Å². The lowest BCUT2D eigenvalue weighted by molar-refractivity contribution is -0.212. The molecule has 0 saturated heterocycles. The highest BCUT2D eigenvalue weighted by Gasteiger charge is 2.60. The van der Waals surface area contributed by atoms with Gasteiger partial charge in [-0.25, -0.2) is 0 Å². The van der Waals surface area contributed by atoms with E-state index in [0.29, 0.717) is 11.3 Å². The summed E-state index contributed by atoms with van der Waals surface area (Å²) in [4.78, 5) is 0. The zero-order valence-corrected chi connectivity index (χ0v) is 9.95. The fourth-order valence-electron chi connectivity index (χ4n) is 4.06. The molecule has 2 aliphatic carbocycles. The standard InChI is InChI=1S/C15H20O/c1-14-10-6-5-9-13(14)15(16,11-14)12-7-3-2-4-8-12/h2-4,7-8,13,16H,5-6,9-11H2,1H3. The summed E-state index contributed by atoms with van der Waals surface area (Å²) in [6, 6.07) is 10.2. The van der Waals surface area contributed by atoms with Gasteiger partial charge in [-0.15, -0.1) is 0 Å². The first-order valence-electron chi connectivity index (χ1n) is 6.43. The topological polar surface area (TPSA) is 20.2 Å². The van der Waals surface area contributed by atoms with Gasteiger partial charge in [0, 0.05) is 0 Å². The monoisotopic (exact) mass is 216 g/mol. The first-order valence-corrected chi connectivity index (χ1v) is 6.43. The molecule has 1 N–H and O–H groups in total. The molecule has 0 bridgehead atoms. The minimum absolute atomic E-state index is 0.406. The van der Waals surface area contributed by atoms with E-state index < -0.39 is 5.60 Å². The smallest absolute Gasteiger partial charge is 0.0935 e. The van der Waals surface area contributed by atoms with Crippen LogP contribution >= 0.6 is 0 Å². The maximum atomic E-state index is 10.8. The van der Waals surface area contributed by atoms with Crippen molar-refractivity contribution >= 4 is 0 Å². The highest BCUT2D eigenvalue weighted by molar-refractivity contribution is 5.29. The molecule has 0 radical (unpaired) electrons. The highest BCUT2D eigenvalue weighted by atomic mass is 16.3. The SMILES string of the molecule is CC12CCCCC1C(O)(c1ccccc1)C2. The third-order valence-electron chi connectivity index (χ3n) is 4.86. The predicted octanol–water partition coefficient (Wildman–Crippen LogP) is 3.47. The van der Waals surface area contributed by atoms with Gasteiger partial charge in [-0.1, -0.05) is 50.1 Å². The molecule has 0 aliphatic heterocycles. The van der Waals surface area contributed by atoms with Crippen LogP contribution in [0.3, 0.4) is 0 Å². The van der Waals surface area contributed by atoms with E-state index in [0.717, 1.165) is 12.0 Å². The Labute approximate surface area is 97.5 Å². The molecule has 1 heteroatoms. The molecule has 1 nitrogen and oxygen atoms in total. The number of hydrogen-bond acceptors (Lipinski definition) is 1. The van der Waals surface area contributed by atoms with Gasteiger partial charge in [0.25, 0.3) is 0 Å². The Morgan fingerprint density at radius 1 is 1.19 bits per heavy atom. The van der Waals surface area contributed by atoms with E-state index in [-0.39, 0.29) is 0 Å². The van der Waals surface area contributed by atoms with E-state index >= 15 is 0 Å². The van der Waals surface area contributed by atoms with Gasteiger partial charge in [0.1, 0.15) is 0 Å². The van der Waals surface area contributed by atoms with Crippen LogP contribution in [-0.4, -0.2) is 5.11 Å². The molecule has 0 amide bonds. The van der Waals surface area contributed by atoms with Crippen molar-refractivity contribution in [3.63, 3.8) is 0 Å². The van der Waals surface area contributed by atoms with Crippen molar-refractivity contribution in [1.82, 2.24) is 0 Å². The second kappa shape index (κ2) is 3.33. The summed E-state index contributed by atoms with van der Waals surface area (Å²) in [5, 5.41) is 10.8. The molecule has 1 aromatic rings. The number of rotatable bonds is 1. The zero-order chi connectivity index (χ0) is 11.2. The number of hydrogen-bond donors (Lipinski definition) is 1. The molecule has 3 atom stereocenters. The molecule has 2 aliphatic rings. The van der Waals surface area contributed by atoms with E-state index in [1.54, 1.807) is 0 Å². The minimum atomic E-state index is -0.531. The van der Waals surface area contributed by atoms with Crippen LogP contribution in [0.15, 0.2) is 30.3 Å². The normalized spacial score (nSPS) is 42.2. The van der Waals surface area contributed by atoms with Crippen LogP contribution in [0.25, 0.3) is 0 Å². The molecule has 3 unspecified atom stereocenters. The summed E-state index contributed by atoms with van der Waals surface area (Å²) in [5.41, 5.74) is 0.999. The van der Waals surface area contributed by atoms with Crippen LogP contribution in [0.5, 0.6) is 0 Å². The maximum absolute atomic E-state index is 10.8. The largest absolute Gasteiger partial charge is 0.385 e. The Morgan fingerprint density at radius 3 is 2.62 bits per heavy atom. The third kappa shape index (κ3) is 1.27. The molecule has 2 saturated carbocycles. The average molecular weight is 216 g/mol. The lowest BCUT2D eigenvalue weighted by Gasteiger charge is -2.61. The second-order valence-corrected chi connectivity index (χ2v) is 5.92. The second-order valence-electron chi connectivity index (χ2n) is 5.92. The van der Waals surface area contributed by atoms with Gasteiger partial charge in [0.05, 0.1) is 5.60 Å². The lowest BCUT2D eigenvalue weighted by Crippen LogP contribution is -2.59. The van der Waals surface area contributed by atoms with Gasteiger partial charge >= 0.3 is 0 Å². The van der Waals surface area contributed by atoms with Gasteiger partial charge in [-0.2, -0.15) is 0 Å². The maximum Gasteiger partial charge on any atom is 0.0935 e. The van der Waals surface area contributed by atoms with Crippen molar-refractivity contribution in [3.05, 3.63) is 35.9 Å². The van der Waals surface area contributed by atoms with Crippen molar-refractivity contribution in [2.24, 2.45) is 11.3 Å². The van der Waals surface area contributed by atoms with Crippen LogP contribution < -0.4 is 0 Å². The predicted molar refractivity (Wildman–Crippen MR) is 65.0 cm³/mol. The highest BCUT2D eigenvalue weighted by Crippen LogP contribution is 2.64. The molecule has 16 heavy (non-hydrogen) atoms. The summed E-state index contributed by atoms with van der Waals surface area (Å²) in [7, 11) is 0. The fourth-order valence-corrected chi connectivity index (χ4v) is 4.06. The third-order valence-corrected chi connectivity index (χ3v) is 4.86. The average Bonchev–Trinajstić information content (AvgIpc) is 2.29. The van der Waals surface area contributed by atoms with Crippen molar-refractivity contribution < 1.29 is 5.11 Å². The van der Waals surface area contributed by atoms with Crippen molar-refractivity contribution in [2.45, 2.75) is 44.6 Å².